The average molecular weight is 440 g/mol. The molecule has 1 saturated heterocycles. The van der Waals surface area contributed by atoms with Crippen LogP contribution in [0.3, 0.4) is 0 Å². The largest absolute Gasteiger partial charge is 0.417 e. The molecular formula is C20H23F3N4O2S. The van der Waals surface area contributed by atoms with Gasteiger partial charge in [0.1, 0.15) is 5.03 Å². The van der Waals surface area contributed by atoms with E-state index in [1.807, 2.05) is 6.07 Å². The fourth-order valence-corrected chi connectivity index (χ4v) is 4.09. The van der Waals surface area contributed by atoms with E-state index in [4.69, 9.17) is 0 Å². The number of aryl methyl sites for hydroxylation is 1. The van der Waals surface area contributed by atoms with Crippen molar-refractivity contribution in [3.63, 3.8) is 0 Å². The van der Waals surface area contributed by atoms with Gasteiger partial charge in [-0.25, -0.2) is 4.98 Å². The lowest BCUT2D eigenvalue weighted by Crippen LogP contribution is -2.44. The summed E-state index contributed by atoms with van der Waals surface area (Å²) in [5.74, 6) is 0. The monoisotopic (exact) mass is 440 g/mol. The first-order valence-electron chi connectivity index (χ1n) is 9.62. The molecule has 30 heavy (non-hydrogen) atoms. The van der Waals surface area contributed by atoms with E-state index in [0.717, 1.165) is 75.2 Å². The van der Waals surface area contributed by atoms with Crippen molar-refractivity contribution in [1.82, 2.24) is 14.8 Å². The Kier molecular flexibility index (Phi) is 7.32. The molecule has 1 aromatic carbocycles. The van der Waals surface area contributed by atoms with Gasteiger partial charge in [-0.15, -0.1) is 0 Å². The number of pyridine rings is 1. The third-order valence-electron chi connectivity index (χ3n) is 5.03. The molecular weight excluding hydrogens is 417 g/mol. The Bertz CT molecular complexity index is 869. The quantitative estimate of drug-likeness (QED) is 0.472. The minimum Gasteiger partial charge on any atom is -0.304 e. The van der Waals surface area contributed by atoms with Gasteiger partial charge in [-0.2, -0.15) is 13.2 Å². The number of nitrogens with zero attached hydrogens (tertiary/aromatic N) is 4. The standard InChI is InChI=1S/C20H23F3N4O2S/c1-25-9-11-26(12-10-25)8-2-3-15-4-6-18(17(13-15)27(28)29)30-19-7-5-16(14-24-19)20(21,22)23/h4-7,13-14H,2-3,8-12H2,1H3. The van der Waals surface area contributed by atoms with Gasteiger partial charge in [0, 0.05) is 38.4 Å². The first-order chi connectivity index (χ1) is 14.2. The van der Waals surface area contributed by atoms with E-state index in [-0.39, 0.29) is 10.7 Å². The Morgan fingerprint density at radius 2 is 1.90 bits per heavy atom. The van der Waals surface area contributed by atoms with Crippen LogP contribution in [0, 0.1) is 10.1 Å². The van der Waals surface area contributed by atoms with Crippen molar-refractivity contribution < 1.29 is 18.1 Å². The summed E-state index contributed by atoms with van der Waals surface area (Å²) in [6, 6.07) is 7.18. The van der Waals surface area contributed by atoms with Gasteiger partial charge in [-0.3, -0.25) is 10.1 Å². The second-order valence-electron chi connectivity index (χ2n) is 7.29. The van der Waals surface area contributed by atoms with E-state index >= 15 is 0 Å². The highest BCUT2D eigenvalue weighted by Gasteiger charge is 2.30. The fraction of sp³-hybridized carbons (Fsp3) is 0.450. The summed E-state index contributed by atoms with van der Waals surface area (Å²) in [7, 11) is 2.11. The Morgan fingerprint density at radius 3 is 2.50 bits per heavy atom. The molecule has 0 amide bonds. The van der Waals surface area contributed by atoms with Crippen LogP contribution < -0.4 is 0 Å². The van der Waals surface area contributed by atoms with E-state index in [2.05, 4.69) is 21.8 Å². The van der Waals surface area contributed by atoms with Gasteiger partial charge in [0.25, 0.3) is 5.69 Å². The lowest BCUT2D eigenvalue weighted by molar-refractivity contribution is -0.387. The highest BCUT2D eigenvalue weighted by Crippen LogP contribution is 2.36. The molecule has 1 aliphatic heterocycles. The summed E-state index contributed by atoms with van der Waals surface area (Å²) in [6.45, 7) is 5.12. The summed E-state index contributed by atoms with van der Waals surface area (Å²) in [4.78, 5) is 19.9. The number of nitro benzene ring substituents is 1. The Labute approximate surface area is 177 Å². The number of benzene rings is 1. The third-order valence-corrected chi connectivity index (χ3v) is 6.05. The second kappa shape index (κ2) is 9.76. The topological polar surface area (TPSA) is 62.5 Å². The van der Waals surface area contributed by atoms with E-state index in [1.165, 1.54) is 6.07 Å². The number of nitro groups is 1. The van der Waals surface area contributed by atoms with Crippen LogP contribution in [0.2, 0.25) is 0 Å². The summed E-state index contributed by atoms with van der Waals surface area (Å²) >= 11 is 0.984. The third kappa shape index (κ3) is 6.16. The molecule has 1 fully saturated rings. The molecule has 0 saturated carbocycles. The van der Waals surface area contributed by atoms with Crippen LogP contribution in [-0.2, 0) is 12.6 Å². The molecule has 1 aromatic heterocycles. The van der Waals surface area contributed by atoms with Crippen molar-refractivity contribution in [2.75, 3.05) is 39.8 Å². The maximum atomic E-state index is 12.7. The predicted molar refractivity (Wildman–Crippen MR) is 109 cm³/mol. The maximum Gasteiger partial charge on any atom is 0.417 e. The molecule has 162 valence electrons. The van der Waals surface area contributed by atoms with Crippen LogP contribution in [0.5, 0.6) is 0 Å². The molecule has 0 unspecified atom stereocenters. The van der Waals surface area contributed by atoms with E-state index in [0.29, 0.717) is 4.90 Å². The molecule has 0 radical (unpaired) electrons. The number of halogens is 3. The van der Waals surface area contributed by atoms with Crippen molar-refractivity contribution in [3.05, 3.63) is 57.8 Å². The van der Waals surface area contributed by atoms with Gasteiger partial charge in [-0.1, -0.05) is 17.8 Å². The number of hydrogen-bond acceptors (Lipinski definition) is 6. The number of piperazine rings is 1. The van der Waals surface area contributed by atoms with Gasteiger partial charge >= 0.3 is 6.18 Å². The van der Waals surface area contributed by atoms with Crippen LogP contribution in [0.15, 0.2) is 46.5 Å². The molecule has 0 bridgehead atoms. The molecule has 3 rings (SSSR count). The number of aromatic nitrogens is 1. The lowest BCUT2D eigenvalue weighted by Gasteiger charge is -2.32. The number of rotatable bonds is 7. The van der Waals surface area contributed by atoms with Crippen molar-refractivity contribution in [2.45, 2.75) is 28.9 Å². The van der Waals surface area contributed by atoms with Crippen LogP contribution >= 0.6 is 11.8 Å². The molecule has 6 nitrogen and oxygen atoms in total. The minimum absolute atomic E-state index is 0.0567. The highest BCUT2D eigenvalue weighted by molar-refractivity contribution is 7.99. The second-order valence-corrected chi connectivity index (χ2v) is 8.35. The van der Waals surface area contributed by atoms with E-state index in [1.54, 1.807) is 12.1 Å². The van der Waals surface area contributed by atoms with Crippen LogP contribution in [-0.4, -0.2) is 59.5 Å². The van der Waals surface area contributed by atoms with Gasteiger partial charge in [-0.05, 0) is 50.2 Å². The molecule has 0 atom stereocenters. The Balaban J connectivity index is 1.62. The van der Waals surface area contributed by atoms with Crippen LogP contribution in [0.4, 0.5) is 18.9 Å². The van der Waals surface area contributed by atoms with Crippen molar-refractivity contribution in [2.24, 2.45) is 0 Å². The number of alkyl halides is 3. The van der Waals surface area contributed by atoms with E-state index in [9.17, 15) is 23.3 Å². The van der Waals surface area contributed by atoms with Gasteiger partial charge in [0.15, 0.2) is 0 Å². The summed E-state index contributed by atoms with van der Waals surface area (Å²) < 4.78 is 38.0. The zero-order valence-corrected chi connectivity index (χ0v) is 17.4. The minimum atomic E-state index is -4.46. The molecule has 1 aliphatic rings. The fourth-order valence-electron chi connectivity index (χ4n) is 3.25. The SMILES string of the molecule is CN1CCN(CCCc2ccc(Sc3ccc(C(F)(F)F)cn3)c([N+](=O)[O-])c2)CC1. The van der Waals surface area contributed by atoms with Crippen molar-refractivity contribution in [3.8, 4) is 0 Å². The Morgan fingerprint density at radius 1 is 1.17 bits per heavy atom. The first-order valence-corrected chi connectivity index (χ1v) is 10.4. The smallest absolute Gasteiger partial charge is 0.304 e. The summed E-state index contributed by atoms with van der Waals surface area (Å²) in [6.07, 6.45) is -2.08. The molecule has 0 aliphatic carbocycles. The maximum absolute atomic E-state index is 12.7. The lowest BCUT2D eigenvalue weighted by atomic mass is 10.1. The zero-order valence-electron chi connectivity index (χ0n) is 16.6. The van der Waals surface area contributed by atoms with Crippen molar-refractivity contribution in [1.29, 1.82) is 0 Å². The average Bonchev–Trinajstić information content (AvgIpc) is 2.70. The van der Waals surface area contributed by atoms with Gasteiger partial charge < -0.3 is 9.80 Å². The zero-order chi connectivity index (χ0) is 21.7. The summed E-state index contributed by atoms with van der Waals surface area (Å²) in [5.41, 5.74) is -0.0311. The number of likely N-dealkylation sites (N-methyl/N-ethyl adjacent to an activating group) is 1. The highest BCUT2D eigenvalue weighted by atomic mass is 32.2. The molecule has 2 aromatic rings. The molecule has 10 heteroatoms. The van der Waals surface area contributed by atoms with Crippen LogP contribution in [0.25, 0.3) is 0 Å². The van der Waals surface area contributed by atoms with Crippen LogP contribution in [0.1, 0.15) is 17.5 Å². The first kappa shape index (κ1) is 22.5. The molecule has 0 N–H and O–H groups in total. The summed E-state index contributed by atoms with van der Waals surface area (Å²) in [5, 5.41) is 11.8. The normalized spacial score (nSPS) is 16.0. The van der Waals surface area contributed by atoms with E-state index < -0.39 is 16.7 Å². The molecule has 2 heterocycles. The van der Waals surface area contributed by atoms with Gasteiger partial charge in [0.2, 0.25) is 0 Å². The Hall–Kier alpha value is -2.17. The predicted octanol–water partition coefficient (Wildman–Crippen LogP) is 4.34. The van der Waals surface area contributed by atoms with Gasteiger partial charge in [0.05, 0.1) is 15.4 Å². The van der Waals surface area contributed by atoms with Crippen molar-refractivity contribution >= 4 is 17.4 Å². The molecule has 0 spiro atoms. The number of hydrogen-bond donors (Lipinski definition) is 0.